The van der Waals surface area contributed by atoms with Crippen molar-refractivity contribution in [1.29, 1.82) is 0 Å². The van der Waals surface area contributed by atoms with Crippen molar-refractivity contribution >= 4 is 34.4 Å². The Morgan fingerprint density at radius 1 is 0.833 bits per heavy atom. The number of nitrogens with two attached hydrogens (primary N) is 1. The number of carbonyl (C=O) groups excluding carboxylic acids is 2. The van der Waals surface area contributed by atoms with Crippen molar-refractivity contribution in [2.24, 2.45) is 5.73 Å². The summed E-state index contributed by atoms with van der Waals surface area (Å²) in [4.78, 5) is 23.9. The van der Waals surface area contributed by atoms with Crippen LogP contribution >= 0.6 is 22.6 Å². The van der Waals surface area contributed by atoms with E-state index in [1.165, 1.54) is 0 Å². The van der Waals surface area contributed by atoms with Crippen molar-refractivity contribution in [3.63, 3.8) is 0 Å². The molecule has 2 rings (SSSR count). The number of hydrogen-bond acceptors (Lipinski definition) is 3. The molecular formula is C18H20IN3O2. The Labute approximate surface area is 155 Å². The summed E-state index contributed by atoms with van der Waals surface area (Å²) in [7, 11) is 0. The monoisotopic (exact) mass is 437 g/mol. The number of amides is 2. The molecule has 0 spiro atoms. The van der Waals surface area contributed by atoms with Crippen LogP contribution in [0, 0.1) is 3.57 Å². The second-order valence-electron chi connectivity index (χ2n) is 5.27. The van der Waals surface area contributed by atoms with E-state index < -0.39 is 0 Å². The average Bonchev–Trinajstić information content (AvgIpc) is 2.61. The van der Waals surface area contributed by atoms with Gasteiger partial charge in [-0.2, -0.15) is 0 Å². The fraction of sp³-hybridized carbons (Fsp3) is 0.222. The second-order valence-corrected chi connectivity index (χ2v) is 6.52. The summed E-state index contributed by atoms with van der Waals surface area (Å²) in [5, 5.41) is 5.68. The van der Waals surface area contributed by atoms with Crippen molar-refractivity contribution in [2.75, 3.05) is 13.1 Å². The largest absolute Gasteiger partial charge is 0.352 e. The van der Waals surface area contributed by atoms with Gasteiger partial charge < -0.3 is 16.4 Å². The summed E-state index contributed by atoms with van der Waals surface area (Å²) in [6, 6.07) is 14.6. The normalized spacial score (nSPS) is 10.2. The SMILES string of the molecule is NCc1ccc(C(=O)NCCCNC(=O)c2ccc(I)cc2)cc1. The van der Waals surface area contributed by atoms with Crippen LogP contribution in [0.5, 0.6) is 0 Å². The number of rotatable bonds is 7. The van der Waals surface area contributed by atoms with Gasteiger partial charge in [-0.3, -0.25) is 9.59 Å². The molecule has 2 aromatic rings. The van der Waals surface area contributed by atoms with Crippen LogP contribution in [0.1, 0.15) is 32.7 Å². The summed E-state index contributed by atoms with van der Waals surface area (Å²) < 4.78 is 1.09. The molecule has 0 saturated carbocycles. The molecule has 0 aliphatic rings. The van der Waals surface area contributed by atoms with E-state index in [1.54, 1.807) is 24.3 Å². The number of hydrogen-bond donors (Lipinski definition) is 3. The molecule has 2 aromatic carbocycles. The highest BCUT2D eigenvalue weighted by molar-refractivity contribution is 14.1. The Kier molecular flexibility index (Phi) is 7.20. The molecule has 0 atom stereocenters. The second kappa shape index (κ2) is 9.39. The Hall–Kier alpha value is -1.93. The minimum absolute atomic E-state index is 0.102. The summed E-state index contributed by atoms with van der Waals surface area (Å²) in [6.07, 6.45) is 0.669. The van der Waals surface area contributed by atoms with E-state index in [1.807, 2.05) is 24.3 Å². The first-order chi connectivity index (χ1) is 11.6. The molecule has 5 nitrogen and oxygen atoms in total. The molecule has 6 heteroatoms. The van der Waals surface area contributed by atoms with Crippen LogP contribution in [0.2, 0.25) is 0 Å². The van der Waals surface area contributed by atoms with Crippen molar-refractivity contribution in [1.82, 2.24) is 10.6 Å². The van der Waals surface area contributed by atoms with E-state index in [9.17, 15) is 9.59 Å². The molecule has 4 N–H and O–H groups in total. The Morgan fingerprint density at radius 3 is 1.75 bits per heavy atom. The van der Waals surface area contributed by atoms with Crippen LogP contribution in [-0.4, -0.2) is 24.9 Å². The molecule has 0 aliphatic heterocycles. The maximum absolute atomic E-state index is 12.0. The third kappa shape index (κ3) is 5.61. The smallest absolute Gasteiger partial charge is 0.251 e. The number of benzene rings is 2. The average molecular weight is 437 g/mol. The lowest BCUT2D eigenvalue weighted by Crippen LogP contribution is -2.29. The van der Waals surface area contributed by atoms with Gasteiger partial charge in [0, 0.05) is 34.3 Å². The predicted molar refractivity (Wildman–Crippen MR) is 103 cm³/mol. The highest BCUT2D eigenvalue weighted by Crippen LogP contribution is 2.06. The Balaban J connectivity index is 1.67. The molecule has 2 amide bonds. The lowest BCUT2D eigenvalue weighted by atomic mass is 10.1. The minimum Gasteiger partial charge on any atom is -0.352 e. The highest BCUT2D eigenvalue weighted by Gasteiger charge is 2.06. The van der Waals surface area contributed by atoms with Gasteiger partial charge in [0.15, 0.2) is 0 Å². The molecule has 0 heterocycles. The number of nitrogens with one attached hydrogen (secondary N) is 2. The summed E-state index contributed by atoms with van der Waals surface area (Å²) in [6.45, 7) is 1.48. The van der Waals surface area contributed by atoms with Gasteiger partial charge >= 0.3 is 0 Å². The van der Waals surface area contributed by atoms with Gasteiger partial charge in [-0.1, -0.05) is 12.1 Å². The van der Waals surface area contributed by atoms with E-state index in [4.69, 9.17) is 5.73 Å². The standard InChI is InChI=1S/C18H20IN3O2/c19-16-8-6-15(7-9-16)18(24)22-11-1-10-21-17(23)14-4-2-13(12-20)3-5-14/h2-9H,1,10-12,20H2,(H,21,23)(H,22,24). The summed E-state index contributed by atoms with van der Waals surface area (Å²) in [5.41, 5.74) is 7.76. The van der Waals surface area contributed by atoms with Gasteiger partial charge in [0.05, 0.1) is 0 Å². The Morgan fingerprint density at radius 2 is 1.29 bits per heavy atom. The molecule has 0 saturated heterocycles. The first-order valence-electron chi connectivity index (χ1n) is 7.71. The van der Waals surface area contributed by atoms with Gasteiger partial charge in [0.25, 0.3) is 11.8 Å². The summed E-state index contributed by atoms with van der Waals surface area (Å²) in [5.74, 6) is -0.224. The molecule has 126 valence electrons. The third-order valence-electron chi connectivity index (χ3n) is 3.48. The highest BCUT2D eigenvalue weighted by atomic mass is 127. The van der Waals surface area contributed by atoms with E-state index in [0.717, 1.165) is 9.13 Å². The van der Waals surface area contributed by atoms with E-state index >= 15 is 0 Å². The Bertz CT molecular complexity index is 684. The van der Waals surface area contributed by atoms with Gasteiger partial charge in [-0.15, -0.1) is 0 Å². The zero-order valence-corrected chi connectivity index (χ0v) is 15.4. The predicted octanol–water partition coefficient (Wildman–Crippen LogP) is 2.30. The van der Waals surface area contributed by atoms with Gasteiger partial charge in [0.1, 0.15) is 0 Å². The molecule has 0 bridgehead atoms. The molecule has 24 heavy (non-hydrogen) atoms. The topological polar surface area (TPSA) is 84.2 Å². The van der Waals surface area contributed by atoms with E-state index in [2.05, 4.69) is 33.2 Å². The van der Waals surface area contributed by atoms with Crippen LogP contribution in [0.15, 0.2) is 48.5 Å². The molecule has 0 radical (unpaired) electrons. The van der Waals surface area contributed by atoms with Crippen LogP contribution < -0.4 is 16.4 Å². The maximum atomic E-state index is 12.0. The zero-order valence-electron chi connectivity index (χ0n) is 13.2. The lowest BCUT2D eigenvalue weighted by molar-refractivity contribution is 0.0951. The molecule has 0 aliphatic carbocycles. The van der Waals surface area contributed by atoms with Crippen molar-refractivity contribution < 1.29 is 9.59 Å². The molecular weight excluding hydrogens is 417 g/mol. The first kappa shape index (κ1) is 18.4. The van der Waals surface area contributed by atoms with Gasteiger partial charge in [-0.25, -0.2) is 0 Å². The van der Waals surface area contributed by atoms with E-state index in [0.29, 0.717) is 37.2 Å². The van der Waals surface area contributed by atoms with Crippen LogP contribution in [-0.2, 0) is 6.54 Å². The first-order valence-corrected chi connectivity index (χ1v) is 8.79. The zero-order chi connectivity index (χ0) is 17.4. The fourth-order valence-corrected chi connectivity index (χ4v) is 2.45. The van der Waals surface area contributed by atoms with Crippen molar-refractivity contribution in [3.8, 4) is 0 Å². The van der Waals surface area contributed by atoms with Gasteiger partial charge in [0.2, 0.25) is 0 Å². The lowest BCUT2D eigenvalue weighted by Gasteiger charge is -2.07. The van der Waals surface area contributed by atoms with Crippen molar-refractivity contribution in [3.05, 3.63) is 68.8 Å². The molecule has 0 fully saturated rings. The fourth-order valence-electron chi connectivity index (χ4n) is 2.09. The van der Waals surface area contributed by atoms with Crippen LogP contribution in [0.4, 0.5) is 0 Å². The minimum atomic E-state index is -0.123. The summed E-state index contributed by atoms with van der Waals surface area (Å²) >= 11 is 2.20. The van der Waals surface area contributed by atoms with E-state index in [-0.39, 0.29) is 11.8 Å². The van der Waals surface area contributed by atoms with Gasteiger partial charge in [-0.05, 0) is 71.0 Å². The maximum Gasteiger partial charge on any atom is 0.251 e. The van der Waals surface area contributed by atoms with Crippen LogP contribution in [0.3, 0.4) is 0 Å². The third-order valence-corrected chi connectivity index (χ3v) is 4.20. The number of halogens is 1. The van der Waals surface area contributed by atoms with Crippen LogP contribution in [0.25, 0.3) is 0 Å². The molecule has 0 unspecified atom stereocenters. The molecule has 0 aromatic heterocycles. The number of carbonyl (C=O) groups is 2. The quantitative estimate of drug-likeness (QED) is 0.459. The van der Waals surface area contributed by atoms with Crippen molar-refractivity contribution in [2.45, 2.75) is 13.0 Å².